The molecule has 1 heterocycles. The van der Waals surface area contributed by atoms with Gasteiger partial charge < -0.3 is 10.1 Å². The number of halogens is 5. The SMILES string of the molecule is O=C(Nc1cc(Br)ccc1Br)c1cccnc1OCC(F)(F)F. The lowest BCUT2D eigenvalue weighted by Gasteiger charge is -2.12. The number of ether oxygens (including phenoxy) is 1. The standard InChI is InChI=1S/C14H9Br2F3N2O2/c15-8-3-4-10(16)11(6-8)21-12(22)9-2-1-5-20-13(9)23-7-14(17,18)19/h1-6H,7H2,(H,21,22). The van der Waals surface area contributed by atoms with Gasteiger partial charge in [-0.3, -0.25) is 4.79 Å². The first kappa shape index (κ1) is 17.7. The molecular formula is C14H9Br2F3N2O2. The summed E-state index contributed by atoms with van der Waals surface area (Å²) in [7, 11) is 0. The maximum absolute atomic E-state index is 12.3. The Morgan fingerprint density at radius 2 is 2.00 bits per heavy atom. The van der Waals surface area contributed by atoms with Gasteiger partial charge in [-0.05, 0) is 46.3 Å². The van der Waals surface area contributed by atoms with E-state index < -0.39 is 18.7 Å². The molecule has 0 spiro atoms. The van der Waals surface area contributed by atoms with Gasteiger partial charge in [0.05, 0.1) is 5.69 Å². The Bertz CT molecular complexity index is 723. The molecule has 0 unspecified atom stereocenters. The second kappa shape index (κ2) is 7.31. The second-order valence-corrected chi connectivity index (χ2v) is 6.11. The van der Waals surface area contributed by atoms with Crippen LogP contribution < -0.4 is 10.1 Å². The molecule has 0 aliphatic heterocycles. The van der Waals surface area contributed by atoms with Crippen molar-refractivity contribution in [2.45, 2.75) is 6.18 Å². The molecule has 0 aliphatic rings. The van der Waals surface area contributed by atoms with E-state index in [0.717, 1.165) is 4.47 Å². The zero-order valence-corrected chi connectivity index (χ0v) is 14.5. The van der Waals surface area contributed by atoms with E-state index in [1.165, 1.54) is 18.3 Å². The predicted molar refractivity (Wildman–Crippen MR) is 85.6 cm³/mol. The van der Waals surface area contributed by atoms with Gasteiger partial charge >= 0.3 is 6.18 Å². The van der Waals surface area contributed by atoms with Gasteiger partial charge in [0, 0.05) is 15.1 Å². The van der Waals surface area contributed by atoms with Crippen molar-refractivity contribution >= 4 is 43.5 Å². The summed E-state index contributed by atoms with van der Waals surface area (Å²) < 4.78 is 42.7. The van der Waals surface area contributed by atoms with Crippen LogP contribution in [0.2, 0.25) is 0 Å². The van der Waals surface area contributed by atoms with Crippen molar-refractivity contribution in [1.29, 1.82) is 0 Å². The number of alkyl halides is 3. The van der Waals surface area contributed by atoms with E-state index in [1.54, 1.807) is 18.2 Å². The average molecular weight is 454 g/mol. The van der Waals surface area contributed by atoms with Crippen molar-refractivity contribution in [1.82, 2.24) is 4.98 Å². The minimum absolute atomic E-state index is 0.0939. The van der Waals surface area contributed by atoms with Crippen LogP contribution in [0.3, 0.4) is 0 Å². The van der Waals surface area contributed by atoms with E-state index in [1.807, 2.05) is 0 Å². The molecule has 1 aromatic heterocycles. The molecule has 0 aliphatic carbocycles. The highest BCUT2D eigenvalue weighted by Gasteiger charge is 2.29. The van der Waals surface area contributed by atoms with E-state index in [0.29, 0.717) is 10.2 Å². The molecule has 2 rings (SSSR count). The van der Waals surface area contributed by atoms with Crippen LogP contribution in [-0.2, 0) is 0 Å². The lowest BCUT2D eigenvalue weighted by Crippen LogP contribution is -2.22. The molecule has 23 heavy (non-hydrogen) atoms. The van der Waals surface area contributed by atoms with Crippen LogP contribution in [0.4, 0.5) is 18.9 Å². The first-order chi connectivity index (χ1) is 10.8. The highest BCUT2D eigenvalue weighted by Crippen LogP contribution is 2.27. The molecule has 122 valence electrons. The van der Waals surface area contributed by atoms with Crippen LogP contribution in [0, 0.1) is 0 Å². The summed E-state index contributed by atoms with van der Waals surface area (Å²) in [6, 6.07) is 7.89. The summed E-state index contributed by atoms with van der Waals surface area (Å²) in [5, 5.41) is 2.59. The molecule has 0 saturated carbocycles. The maximum Gasteiger partial charge on any atom is 0.422 e. The Kier molecular flexibility index (Phi) is 5.64. The largest absolute Gasteiger partial charge is 0.467 e. The molecule has 9 heteroatoms. The van der Waals surface area contributed by atoms with Crippen molar-refractivity contribution in [3.05, 3.63) is 51.0 Å². The third kappa shape index (κ3) is 5.21. The molecule has 0 radical (unpaired) electrons. The zero-order valence-electron chi connectivity index (χ0n) is 11.3. The number of amides is 1. The number of rotatable bonds is 4. The van der Waals surface area contributed by atoms with E-state index >= 15 is 0 Å². The topological polar surface area (TPSA) is 51.2 Å². The number of anilines is 1. The van der Waals surface area contributed by atoms with Gasteiger partial charge in [0.2, 0.25) is 5.88 Å². The molecule has 1 N–H and O–H groups in total. The molecule has 2 aromatic rings. The fourth-order valence-corrected chi connectivity index (χ4v) is 2.32. The number of hydrogen-bond donors (Lipinski definition) is 1. The van der Waals surface area contributed by atoms with E-state index in [2.05, 4.69) is 46.9 Å². The fraction of sp³-hybridized carbons (Fsp3) is 0.143. The fourth-order valence-electron chi connectivity index (χ4n) is 1.61. The normalized spacial score (nSPS) is 11.2. The van der Waals surface area contributed by atoms with Crippen molar-refractivity contribution < 1.29 is 22.7 Å². The molecular weight excluding hydrogens is 445 g/mol. The molecule has 1 aromatic carbocycles. The Morgan fingerprint density at radius 1 is 1.26 bits per heavy atom. The second-order valence-electron chi connectivity index (χ2n) is 4.34. The van der Waals surface area contributed by atoms with Gasteiger partial charge in [-0.2, -0.15) is 13.2 Å². The van der Waals surface area contributed by atoms with Crippen molar-refractivity contribution in [2.24, 2.45) is 0 Å². The van der Waals surface area contributed by atoms with E-state index in [9.17, 15) is 18.0 Å². The van der Waals surface area contributed by atoms with Crippen LogP contribution in [-0.4, -0.2) is 23.7 Å². The van der Waals surface area contributed by atoms with Gasteiger partial charge in [-0.15, -0.1) is 0 Å². The molecule has 4 nitrogen and oxygen atoms in total. The summed E-state index contributed by atoms with van der Waals surface area (Å²) in [5.41, 5.74) is 0.360. The number of nitrogens with one attached hydrogen (secondary N) is 1. The average Bonchev–Trinajstić information content (AvgIpc) is 2.48. The number of carbonyl (C=O) groups is 1. The van der Waals surface area contributed by atoms with E-state index in [4.69, 9.17) is 0 Å². The third-order valence-corrected chi connectivity index (χ3v) is 3.75. The molecule has 1 amide bonds. The van der Waals surface area contributed by atoms with Gasteiger partial charge in [0.1, 0.15) is 5.56 Å². The van der Waals surface area contributed by atoms with Crippen LogP contribution in [0.5, 0.6) is 5.88 Å². The Balaban J connectivity index is 2.21. The first-order valence-corrected chi connectivity index (χ1v) is 7.76. The highest BCUT2D eigenvalue weighted by molar-refractivity contribution is 9.11. The third-order valence-electron chi connectivity index (χ3n) is 2.56. The number of nitrogens with zero attached hydrogens (tertiary/aromatic N) is 1. The van der Waals surface area contributed by atoms with Crippen molar-refractivity contribution in [3.63, 3.8) is 0 Å². The lowest BCUT2D eigenvalue weighted by molar-refractivity contribution is -0.154. The van der Waals surface area contributed by atoms with Gasteiger partial charge in [-0.25, -0.2) is 4.98 Å². The molecule has 0 saturated heterocycles. The molecule has 0 fully saturated rings. The van der Waals surface area contributed by atoms with Gasteiger partial charge in [0.25, 0.3) is 5.91 Å². The van der Waals surface area contributed by atoms with Gasteiger partial charge in [-0.1, -0.05) is 15.9 Å². The summed E-state index contributed by atoms with van der Waals surface area (Å²) in [6.07, 6.45) is -3.27. The maximum atomic E-state index is 12.3. The minimum Gasteiger partial charge on any atom is -0.467 e. The van der Waals surface area contributed by atoms with Crippen LogP contribution in [0.15, 0.2) is 45.5 Å². The summed E-state index contributed by atoms with van der Waals surface area (Å²) in [5.74, 6) is -1.01. The smallest absolute Gasteiger partial charge is 0.422 e. The molecule has 0 atom stereocenters. The number of hydrogen-bond acceptors (Lipinski definition) is 3. The summed E-state index contributed by atoms with van der Waals surface area (Å²) >= 11 is 6.55. The number of aromatic nitrogens is 1. The quantitative estimate of drug-likeness (QED) is 0.723. The first-order valence-electron chi connectivity index (χ1n) is 6.17. The number of benzene rings is 1. The molecule has 0 bridgehead atoms. The van der Waals surface area contributed by atoms with Crippen LogP contribution in [0.1, 0.15) is 10.4 Å². The Hall–Kier alpha value is -1.61. The number of carbonyl (C=O) groups excluding carboxylic acids is 1. The Morgan fingerprint density at radius 3 is 2.70 bits per heavy atom. The lowest BCUT2D eigenvalue weighted by atomic mass is 10.2. The van der Waals surface area contributed by atoms with Crippen LogP contribution >= 0.6 is 31.9 Å². The minimum atomic E-state index is -4.52. The Labute approximate surface area is 146 Å². The summed E-state index contributed by atoms with van der Waals surface area (Å²) in [6.45, 7) is -1.52. The van der Waals surface area contributed by atoms with Gasteiger partial charge in [0.15, 0.2) is 6.61 Å². The predicted octanol–water partition coefficient (Wildman–Crippen LogP) is 4.80. The number of pyridine rings is 1. The van der Waals surface area contributed by atoms with E-state index in [-0.39, 0.29) is 11.4 Å². The van der Waals surface area contributed by atoms with Crippen LogP contribution in [0.25, 0.3) is 0 Å². The monoisotopic (exact) mass is 452 g/mol. The highest BCUT2D eigenvalue weighted by atomic mass is 79.9. The zero-order chi connectivity index (χ0) is 17.0. The van der Waals surface area contributed by atoms with Crippen molar-refractivity contribution in [2.75, 3.05) is 11.9 Å². The van der Waals surface area contributed by atoms with Crippen molar-refractivity contribution in [3.8, 4) is 5.88 Å². The summed E-state index contributed by atoms with van der Waals surface area (Å²) in [4.78, 5) is 16.0.